The number of thioether (sulfide) groups is 1. The highest BCUT2D eigenvalue weighted by molar-refractivity contribution is 7.98. The summed E-state index contributed by atoms with van der Waals surface area (Å²) in [7, 11) is 0. The van der Waals surface area contributed by atoms with Crippen LogP contribution in [0.2, 0.25) is 0 Å². The highest BCUT2D eigenvalue weighted by Gasteiger charge is 2.21. The van der Waals surface area contributed by atoms with Crippen molar-refractivity contribution in [2.75, 3.05) is 0 Å². The van der Waals surface area contributed by atoms with Gasteiger partial charge in [0.05, 0.1) is 17.7 Å². The molecule has 0 amide bonds. The minimum absolute atomic E-state index is 0.304. The fraction of sp³-hybridized carbons (Fsp3) is 0.429. The number of benzene rings is 1. The molecule has 21 heavy (non-hydrogen) atoms. The Morgan fingerprint density at radius 1 is 1.38 bits per heavy atom. The van der Waals surface area contributed by atoms with Crippen molar-refractivity contribution in [3.05, 3.63) is 35.1 Å². The Morgan fingerprint density at radius 3 is 2.95 bits per heavy atom. The van der Waals surface area contributed by atoms with E-state index in [1.54, 1.807) is 6.07 Å². The Hall–Kier alpha value is -1.94. The van der Waals surface area contributed by atoms with E-state index < -0.39 is 0 Å². The smallest absolute Gasteiger partial charge is 0.209 e. The van der Waals surface area contributed by atoms with Gasteiger partial charge < -0.3 is 0 Å². The van der Waals surface area contributed by atoms with Crippen molar-refractivity contribution in [1.29, 1.82) is 5.26 Å². The number of hydrogen-bond donors (Lipinski definition) is 0. The summed E-state index contributed by atoms with van der Waals surface area (Å²) < 4.78 is 15.6. The molecule has 2 aromatic rings. The summed E-state index contributed by atoms with van der Waals surface area (Å²) >= 11 is 1.40. The average molecular weight is 303 g/mol. The van der Waals surface area contributed by atoms with Crippen LogP contribution >= 0.6 is 11.8 Å². The van der Waals surface area contributed by atoms with Crippen molar-refractivity contribution >= 4 is 11.8 Å². The first-order valence-electron chi connectivity index (χ1n) is 6.87. The fourth-order valence-electron chi connectivity index (χ4n) is 2.56. The standard InChI is InChI=1S/C14H14FN5S/c15-13-6-5-10(8-16)7-11(13)9-21-14-17-18-19-20(14)12-3-1-2-4-12/h5-7,12H,1-4,9H2. The maximum absolute atomic E-state index is 13.8. The third-order valence-electron chi connectivity index (χ3n) is 3.66. The van der Waals surface area contributed by atoms with Crippen LogP contribution in [0.5, 0.6) is 0 Å². The third-order valence-corrected chi connectivity index (χ3v) is 4.65. The predicted molar refractivity (Wildman–Crippen MR) is 76.0 cm³/mol. The molecule has 1 heterocycles. The van der Waals surface area contributed by atoms with Crippen LogP contribution in [0.4, 0.5) is 4.39 Å². The molecule has 0 saturated heterocycles. The van der Waals surface area contributed by atoms with Crippen LogP contribution in [0.15, 0.2) is 23.4 Å². The number of hydrogen-bond acceptors (Lipinski definition) is 5. The van der Waals surface area contributed by atoms with Crippen molar-refractivity contribution in [3.8, 4) is 6.07 Å². The van der Waals surface area contributed by atoms with Gasteiger partial charge in [-0.25, -0.2) is 9.07 Å². The lowest BCUT2D eigenvalue weighted by molar-refractivity contribution is 0.423. The van der Waals surface area contributed by atoms with E-state index in [4.69, 9.17) is 5.26 Å². The van der Waals surface area contributed by atoms with Crippen LogP contribution in [0.3, 0.4) is 0 Å². The van der Waals surface area contributed by atoms with Gasteiger partial charge in [-0.15, -0.1) is 5.10 Å². The van der Waals surface area contributed by atoms with Gasteiger partial charge in [0, 0.05) is 5.75 Å². The highest BCUT2D eigenvalue weighted by Crippen LogP contribution is 2.32. The Labute approximate surface area is 126 Å². The zero-order chi connectivity index (χ0) is 14.7. The van der Waals surface area contributed by atoms with Gasteiger partial charge >= 0.3 is 0 Å². The molecule has 0 bridgehead atoms. The lowest BCUT2D eigenvalue weighted by Gasteiger charge is -2.10. The van der Waals surface area contributed by atoms with Crippen LogP contribution in [0, 0.1) is 17.1 Å². The number of halogens is 1. The van der Waals surface area contributed by atoms with E-state index in [1.807, 2.05) is 10.8 Å². The number of tetrazole rings is 1. The summed E-state index contributed by atoms with van der Waals surface area (Å²) in [5, 5.41) is 21.4. The van der Waals surface area contributed by atoms with Gasteiger partial charge in [0.2, 0.25) is 5.16 Å². The fourth-order valence-corrected chi connectivity index (χ4v) is 3.47. The summed E-state index contributed by atoms with van der Waals surface area (Å²) in [6.45, 7) is 0. The molecule has 0 unspecified atom stereocenters. The van der Waals surface area contributed by atoms with Crippen LogP contribution < -0.4 is 0 Å². The van der Waals surface area contributed by atoms with E-state index in [0.717, 1.165) is 12.8 Å². The zero-order valence-corrected chi connectivity index (χ0v) is 12.2. The lowest BCUT2D eigenvalue weighted by Crippen LogP contribution is -2.08. The van der Waals surface area contributed by atoms with Crippen LogP contribution in [0.1, 0.15) is 42.9 Å². The quantitative estimate of drug-likeness (QED) is 0.812. The Balaban J connectivity index is 1.74. The number of nitrogens with zero attached hydrogens (tertiary/aromatic N) is 5. The van der Waals surface area contributed by atoms with E-state index in [-0.39, 0.29) is 5.82 Å². The predicted octanol–water partition coefficient (Wildman–Crippen LogP) is 3.09. The van der Waals surface area contributed by atoms with E-state index in [9.17, 15) is 4.39 Å². The van der Waals surface area contributed by atoms with Gasteiger partial charge in [0.15, 0.2) is 0 Å². The largest absolute Gasteiger partial charge is 0.217 e. The molecule has 1 aliphatic rings. The first kappa shape index (κ1) is 14.0. The van der Waals surface area contributed by atoms with Crippen molar-refractivity contribution in [1.82, 2.24) is 20.2 Å². The number of rotatable bonds is 4. The SMILES string of the molecule is N#Cc1ccc(F)c(CSc2nnnn2C2CCCC2)c1. The molecule has 5 nitrogen and oxygen atoms in total. The molecule has 108 valence electrons. The van der Waals surface area contributed by atoms with E-state index >= 15 is 0 Å². The molecular weight excluding hydrogens is 289 g/mol. The third kappa shape index (κ3) is 3.05. The molecule has 0 radical (unpaired) electrons. The van der Waals surface area contributed by atoms with Gasteiger partial charge in [0.25, 0.3) is 0 Å². The highest BCUT2D eigenvalue weighted by atomic mass is 32.2. The van der Waals surface area contributed by atoms with E-state index in [0.29, 0.717) is 28.1 Å². The first-order valence-corrected chi connectivity index (χ1v) is 7.85. The number of nitriles is 1. The molecule has 1 aromatic carbocycles. The van der Waals surface area contributed by atoms with Gasteiger partial charge in [-0.1, -0.05) is 24.6 Å². The molecule has 3 rings (SSSR count). The maximum Gasteiger partial charge on any atom is 0.209 e. The zero-order valence-electron chi connectivity index (χ0n) is 11.4. The topological polar surface area (TPSA) is 67.4 Å². The molecule has 7 heteroatoms. The Kier molecular flexibility index (Phi) is 4.15. The summed E-state index contributed by atoms with van der Waals surface area (Å²) in [5.41, 5.74) is 0.961. The summed E-state index contributed by atoms with van der Waals surface area (Å²) in [6, 6.07) is 6.76. The molecule has 1 fully saturated rings. The molecule has 1 aliphatic carbocycles. The van der Waals surface area contributed by atoms with Crippen LogP contribution in [-0.2, 0) is 5.75 Å². The van der Waals surface area contributed by atoms with E-state index in [1.165, 1.54) is 36.7 Å². The lowest BCUT2D eigenvalue weighted by atomic mass is 10.1. The summed E-state index contributed by atoms with van der Waals surface area (Å²) in [5.74, 6) is 0.107. The van der Waals surface area contributed by atoms with Crippen molar-refractivity contribution in [3.63, 3.8) is 0 Å². The van der Waals surface area contributed by atoms with Crippen molar-refractivity contribution in [2.24, 2.45) is 0 Å². The van der Waals surface area contributed by atoms with Gasteiger partial charge in [0.1, 0.15) is 5.82 Å². The second kappa shape index (κ2) is 6.22. The summed E-state index contributed by atoms with van der Waals surface area (Å²) in [6.07, 6.45) is 4.59. The minimum atomic E-state index is -0.304. The molecule has 0 spiro atoms. The first-order chi connectivity index (χ1) is 10.3. The molecule has 0 N–H and O–H groups in total. The van der Waals surface area contributed by atoms with Crippen LogP contribution in [-0.4, -0.2) is 20.2 Å². The normalized spacial score (nSPS) is 15.2. The van der Waals surface area contributed by atoms with Crippen LogP contribution in [0.25, 0.3) is 0 Å². The number of aromatic nitrogens is 4. The average Bonchev–Trinajstić information content (AvgIpc) is 3.17. The molecule has 0 aliphatic heterocycles. The second-order valence-corrected chi connectivity index (χ2v) is 5.99. The van der Waals surface area contributed by atoms with Gasteiger partial charge in [-0.2, -0.15) is 5.26 Å². The minimum Gasteiger partial charge on any atom is -0.217 e. The second-order valence-electron chi connectivity index (χ2n) is 5.05. The molecule has 1 saturated carbocycles. The van der Waals surface area contributed by atoms with Gasteiger partial charge in [-0.3, -0.25) is 0 Å². The Bertz CT molecular complexity index is 672. The van der Waals surface area contributed by atoms with Crippen molar-refractivity contribution in [2.45, 2.75) is 42.6 Å². The summed E-state index contributed by atoms with van der Waals surface area (Å²) in [4.78, 5) is 0. The van der Waals surface area contributed by atoms with Crippen molar-refractivity contribution < 1.29 is 4.39 Å². The van der Waals surface area contributed by atoms with Gasteiger partial charge in [-0.05, 0) is 47.0 Å². The monoisotopic (exact) mass is 303 g/mol. The molecule has 1 aromatic heterocycles. The molecular formula is C14H14FN5S. The Morgan fingerprint density at radius 2 is 2.19 bits per heavy atom. The maximum atomic E-state index is 13.8. The van der Waals surface area contributed by atoms with E-state index in [2.05, 4.69) is 15.5 Å². The molecule has 0 atom stereocenters.